The molecule has 0 fully saturated rings. The first-order valence-electron chi connectivity index (χ1n) is 3.90. The highest BCUT2D eigenvalue weighted by atomic mass is 32.1. The van der Waals surface area contributed by atoms with Gasteiger partial charge in [-0.05, 0) is 11.4 Å². The maximum atomic E-state index is 10.4. The average Bonchev–Trinajstić information content (AvgIpc) is 2.56. The number of nitrogens with two attached hydrogens (primary N) is 1. The quantitative estimate of drug-likeness (QED) is 0.610. The fourth-order valence-electron chi connectivity index (χ4n) is 0.846. The van der Waals surface area contributed by atoms with E-state index in [1.54, 1.807) is 11.3 Å². The van der Waals surface area contributed by atoms with Crippen LogP contribution in [-0.2, 0) is 11.3 Å². The molecule has 0 saturated carbocycles. The van der Waals surface area contributed by atoms with Crippen LogP contribution in [0.3, 0.4) is 0 Å². The lowest BCUT2D eigenvalue weighted by Crippen LogP contribution is -2.37. The Hall–Kier alpha value is -0.910. The molecule has 1 aromatic heterocycles. The summed E-state index contributed by atoms with van der Waals surface area (Å²) >= 11 is 1.62. The monoisotopic (exact) mass is 200 g/mol. The van der Waals surface area contributed by atoms with E-state index in [0.29, 0.717) is 6.54 Å². The van der Waals surface area contributed by atoms with Crippen molar-refractivity contribution in [3.63, 3.8) is 0 Å². The van der Waals surface area contributed by atoms with E-state index in [0.717, 1.165) is 4.88 Å². The Morgan fingerprint density at radius 2 is 2.54 bits per heavy atom. The molecule has 5 heteroatoms. The molecular weight excluding hydrogens is 188 g/mol. The molecule has 0 saturated heterocycles. The highest BCUT2D eigenvalue weighted by molar-refractivity contribution is 7.09. The van der Waals surface area contributed by atoms with Gasteiger partial charge >= 0.3 is 0 Å². The Kier molecular flexibility index (Phi) is 3.88. The molecule has 0 aliphatic rings. The van der Waals surface area contributed by atoms with Gasteiger partial charge in [-0.3, -0.25) is 4.79 Å². The van der Waals surface area contributed by atoms with E-state index in [-0.39, 0.29) is 6.54 Å². The minimum atomic E-state index is -1.10. The second-order valence-electron chi connectivity index (χ2n) is 2.63. The highest BCUT2D eigenvalue weighted by Gasteiger charge is 2.09. The second-order valence-corrected chi connectivity index (χ2v) is 3.66. The van der Waals surface area contributed by atoms with Gasteiger partial charge in [-0.1, -0.05) is 6.07 Å². The predicted molar refractivity (Wildman–Crippen MR) is 51.2 cm³/mol. The summed E-state index contributed by atoms with van der Waals surface area (Å²) in [6.07, 6.45) is -1.10. The first kappa shape index (κ1) is 10.2. The van der Waals surface area contributed by atoms with E-state index in [2.05, 4.69) is 5.32 Å². The summed E-state index contributed by atoms with van der Waals surface area (Å²) in [4.78, 5) is 11.6. The highest BCUT2D eigenvalue weighted by Crippen LogP contribution is 2.06. The van der Waals surface area contributed by atoms with E-state index in [4.69, 9.17) is 10.8 Å². The van der Waals surface area contributed by atoms with Gasteiger partial charge in [0, 0.05) is 18.0 Å². The van der Waals surface area contributed by atoms with Crippen molar-refractivity contribution >= 4 is 17.2 Å². The zero-order valence-corrected chi connectivity index (χ0v) is 7.88. The summed E-state index contributed by atoms with van der Waals surface area (Å²) in [5.41, 5.74) is 4.87. The van der Waals surface area contributed by atoms with Crippen LogP contribution in [-0.4, -0.2) is 23.7 Å². The number of carbonyl (C=O) groups is 1. The summed E-state index contributed by atoms with van der Waals surface area (Å²) in [5, 5.41) is 13.9. The molecule has 1 atom stereocenters. The number of primary amides is 1. The van der Waals surface area contributed by atoms with Gasteiger partial charge in [0.2, 0.25) is 5.91 Å². The van der Waals surface area contributed by atoms with Gasteiger partial charge < -0.3 is 16.2 Å². The van der Waals surface area contributed by atoms with Crippen molar-refractivity contribution in [2.75, 3.05) is 6.54 Å². The van der Waals surface area contributed by atoms with Gasteiger partial charge in [0.05, 0.1) is 0 Å². The molecule has 0 bridgehead atoms. The van der Waals surface area contributed by atoms with Crippen molar-refractivity contribution < 1.29 is 9.90 Å². The Bertz CT molecular complexity index is 261. The van der Waals surface area contributed by atoms with Gasteiger partial charge in [0.15, 0.2) is 0 Å². The lowest BCUT2D eigenvalue weighted by molar-refractivity contribution is -0.125. The molecule has 1 aromatic rings. The van der Waals surface area contributed by atoms with Crippen LogP contribution in [0.1, 0.15) is 4.88 Å². The average molecular weight is 200 g/mol. The molecular formula is C8H12N2O2S. The van der Waals surface area contributed by atoms with Crippen molar-refractivity contribution in [1.82, 2.24) is 5.32 Å². The van der Waals surface area contributed by atoms with Crippen molar-refractivity contribution in [3.05, 3.63) is 22.4 Å². The van der Waals surface area contributed by atoms with Crippen LogP contribution < -0.4 is 11.1 Å². The number of rotatable bonds is 5. The van der Waals surface area contributed by atoms with Crippen molar-refractivity contribution in [3.8, 4) is 0 Å². The van der Waals surface area contributed by atoms with E-state index in [1.165, 1.54) is 0 Å². The van der Waals surface area contributed by atoms with Gasteiger partial charge in [-0.2, -0.15) is 0 Å². The van der Waals surface area contributed by atoms with Gasteiger partial charge in [-0.25, -0.2) is 0 Å². The summed E-state index contributed by atoms with van der Waals surface area (Å²) in [5.74, 6) is -0.696. The molecule has 0 aromatic carbocycles. The molecule has 0 aliphatic carbocycles. The van der Waals surface area contributed by atoms with Crippen molar-refractivity contribution in [2.24, 2.45) is 5.73 Å². The predicted octanol–water partition coefficient (Wildman–Crippen LogP) is -0.316. The van der Waals surface area contributed by atoms with E-state index < -0.39 is 12.0 Å². The Morgan fingerprint density at radius 3 is 3.08 bits per heavy atom. The maximum absolute atomic E-state index is 10.4. The molecule has 13 heavy (non-hydrogen) atoms. The van der Waals surface area contributed by atoms with E-state index >= 15 is 0 Å². The first-order valence-corrected chi connectivity index (χ1v) is 4.78. The van der Waals surface area contributed by atoms with E-state index in [1.807, 2.05) is 17.5 Å². The van der Waals surface area contributed by atoms with Crippen LogP contribution in [0.2, 0.25) is 0 Å². The third-order valence-electron chi connectivity index (χ3n) is 1.55. The SMILES string of the molecule is NC(=O)C(O)CNCc1cccs1. The van der Waals surface area contributed by atoms with Gasteiger partial charge in [-0.15, -0.1) is 11.3 Å². The minimum Gasteiger partial charge on any atom is -0.382 e. The molecule has 1 amide bonds. The van der Waals surface area contributed by atoms with Crippen molar-refractivity contribution in [2.45, 2.75) is 12.6 Å². The standard InChI is InChI=1S/C8H12N2O2S/c9-8(12)7(11)5-10-4-6-2-1-3-13-6/h1-3,7,10-11H,4-5H2,(H2,9,12). The lowest BCUT2D eigenvalue weighted by atomic mass is 10.3. The molecule has 1 rings (SSSR count). The van der Waals surface area contributed by atoms with Crippen LogP contribution in [0.5, 0.6) is 0 Å². The zero-order chi connectivity index (χ0) is 9.68. The molecule has 1 heterocycles. The number of thiophene rings is 1. The summed E-state index contributed by atoms with van der Waals surface area (Å²) in [7, 11) is 0. The van der Waals surface area contributed by atoms with E-state index in [9.17, 15) is 4.79 Å². The molecule has 4 N–H and O–H groups in total. The minimum absolute atomic E-state index is 0.202. The second kappa shape index (κ2) is 4.96. The third kappa shape index (κ3) is 3.54. The number of nitrogens with one attached hydrogen (secondary N) is 1. The smallest absolute Gasteiger partial charge is 0.247 e. The van der Waals surface area contributed by atoms with Crippen LogP contribution in [0.15, 0.2) is 17.5 Å². The Labute approximate surface area is 80.4 Å². The van der Waals surface area contributed by atoms with Crippen LogP contribution in [0.4, 0.5) is 0 Å². The molecule has 4 nitrogen and oxygen atoms in total. The summed E-state index contributed by atoms with van der Waals surface area (Å²) in [6, 6.07) is 3.93. The molecule has 72 valence electrons. The Morgan fingerprint density at radius 1 is 1.77 bits per heavy atom. The number of amides is 1. The summed E-state index contributed by atoms with van der Waals surface area (Å²) in [6.45, 7) is 0.856. The normalized spacial score (nSPS) is 12.7. The van der Waals surface area contributed by atoms with Crippen LogP contribution >= 0.6 is 11.3 Å². The number of hydrogen-bond donors (Lipinski definition) is 3. The third-order valence-corrected chi connectivity index (χ3v) is 2.42. The molecule has 1 unspecified atom stereocenters. The summed E-state index contributed by atoms with van der Waals surface area (Å²) < 4.78 is 0. The fourth-order valence-corrected chi connectivity index (χ4v) is 1.52. The maximum Gasteiger partial charge on any atom is 0.247 e. The topological polar surface area (TPSA) is 75.4 Å². The number of aliphatic hydroxyl groups excluding tert-OH is 1. The van der Waals surface area contributed by atoms with Crippen molar-refractivity contribution in [1.29, 1.82) is 0 Å². The van der Waals surface area contributed by atoms with Crippen LogP contribution in [0.25, 0.3) is 0 Å². The Balaban J connectivity index is 2.18. The largest absolute Gasteiger partial charge is 0.382 e. The zero-order valence-electron chi connectivity index (χ0n) is 7.06. The van der Waals surface area contributed by atoms with Gasteiger partial charge in [0.1, 0.15) is 6.10 Å². The molecule has 0 spiro atoms. The van der Waals surface area contributed by atoms with Gasteiger partial charge in [0.25, 0.3) is 0 Å². The molecule has 0 aliphatic heterocycles. The fraction of sp³-hybridized carbons (Fsp3) is 0.375. The number of carbonyl (C=O) groups excluding carboxylic acids is 1. The lowest BCUT2D eigenvalue weighted by Gasteiger charge is -2.06. The number of hydrogen-bond acceptors (Lipinski definition) is 4. The first-order chi connectivity index (χ1) is 6.20. The number of aliphatic hydroxyl groups is 1. The van der Waals surface area contributed by atoms with Crippen LogP contribution in [0, 0.1) is 0 Å². The molecule has 0 radical (unpaired) electrons.